The molecule has 1 N–H and O–H groups in total. The summed E-state index contributed by atoms with van der Waals surface area (Å²) in [6, 6.07) is 5.35. The molecule has 0 bridgehead atoms. The van der Waals surface area contributed by atoms with Gasteiger partial charge in [-0.3, -0.25) is 9.98 Å². The van der Waals surface area contributed by atoms with E-state index in [0.29, 0.717) is 17.4 Å². The van der Waals surface area contributed by atoms with Crippen molar-refractivity contribution in [2.45, 2.75) is 70.1 Å². The Morgan fingerprint density at radius 3 is 2.70 bits per heavy atom. The van der Waals surface area contributed by atoms with Gasteiger partial charge in [-0.2, -0.15) is 0 Å². The Bertz CT molecular complexity index is 784. The van der Waals surface area contributed by atoms with E-state index in [-0.39, 0.29) is 17.9 Å². The third kappa shape index (κ3) is 3.91. The molecule has 1 aromatic rings. The van der Waals surface area contributed by atoms with Crippen LogP contribution in [0.1, 0.15) is 69.4 Å². The van der Waals surface area contributed by atoms with Crippen LogP contribution >= 0.6 is 0 Å². The van der Waals surface area contributed by atoms with Gasteiger partial charge in [-0.05, 0) is 50.3 Å². The smallest absolute Gasteiger partial charge is 0.146 e. The normalized spacial score (nSPS) is 26.3. The van der Waals surface area contributed by atoms with Crippen LogP contribution in [0.3, 0.4) is 0 Å². The average Bonchev–Trinajstić information content (AvgIpc) is 3.27. The van der Waals surface area contributed by atoms with Crippen LogP contribution in [0, 0.1) is 17.7 Å². The van der Waals surface area contributed by atoms with Gasteiger partial charge in [-0.15, -0.1) is 0 Å². The molecule has 2 aliphatic heterocycles. The second-order valence-corrected chi connectivity index (χ2v) is 8.82. The first-order valence-electron chi connectivity index (χ1n) is 10.2. The summed E-state index contributed by atoms with van der Waals surface area (Å²) in [7, 11) is 0. The molecular formula is C23H29FN2O. The van der Waals surface area contributed by atoms with Gasteiger partial charge in [-0.1, -0.05) is 43.9 Å². The minimum absolute atomic E-state index is 0.00317. The molecule has 144 valence electrons. The van der Waals surface area contributed by atoms with E-state index < -0.39 is 5.60 Å². The van der Waals surface area contributed by atoms with Gasteiger partial charge in [0, 0.05) is 29.3 Å². The number of benzene rings is 1. The standard InChI is InChI=1S/C23H29FN2O/c1-23(2,27)19-10-9-16(13-20(19)24)18(12-15-6-3-4-7-15)21-14-17-8-5-11-25-22(17)26-21/h5,8-11,13,15,17-18,22,27H,3-4,6-7,12,14H2,1-2H3. The molecule has 2 heterocycles. The maximum atomic E-state index is 14.8. The molecule has 0 amide bonds. The van der Waals surface area contributed by atoms with Gasteiger partial charge >= 0.3 is 0 Å². The van der Waals surface area contributed by atoms with E-state index in [1.165, 1.54) is 25.7 Å². The molecule has 27 heavy (non-hydrogen) atoms. The Labute approximate surface area is 161 Å². The third-order valence-electron chi connectivity index (χ3n) is 6.31. The highest BCUT2D eigenvalue weighted by molar-refractivity contribution is 5.93. The van der Waals surface area contributed by atoms with Gasteiger partial charge in [0.15, 0.2) is 0 Å². The molecular weight excluding hydrogens is 339 g/mol. The van der Waals surface area contributed by atoms with Crippen LogP contribution in [-0.4, -0.2) is 23.2 Å². The third-order valence-corrected chi connectivity index (χ3v) is 6.31. The fraction of sp³-hybridized carbons (Fsp3) is 0.565. The predicted molar refractivity (Wildman–Crippen MR) is 108 cm³/mol. The van der Waals surface area contributed by atoms with Crippen LogP contribution in [0.25, 0.3) is 0 Å². The zero-order valence-corrected chi connectivity index (χ0v) is 16.2. The molecule has 3 nitrogen and oxygen atoms in total. The van der Waals surface area contributed by atoms with Crippen molar-refractivity contribution in [3.8, 4) is 0 Å². The lowest BCUT2D eigenvalue weighted by Crippen LogP contribution is -2.19. The van der Waals surface area contributed by atoms with E-state index in [1.54, 1.807) is 26.0 Å². The van der Waals surface area contributed by atoms with Crippen LogP contribution in [0.15, 0.2) is 40.3 Å². The predicted octanol–water partition coefficient (Wildman–Crippen LogP) is 5.14. The monoisotopic (exact) mass is 368 g/mol. The molecule has 3 unspecified atom stereocenters. The highest BCUT2D eigenvalue weighted by Crippen LogP contribution is 2.40. The van der Waals surface area contributed by atoms with Crippen molar-refractivity contribution in [1.29, 1.82) is 0 Å². The Hall–Kier alpha value is -1.81. The second kappa shape index (κ2) is 7.31. The summed E-state index contributed by atoms with van der Waals surface area (Å²) in [5, 5.41) is 10.2. The molecule has 0 aromatic heterocycles. The van der Waals surface area contributed by atoms with E-state index >= 15 is 0 Å². The molecule has 0 saturated heterocycles. The van der Waals surface area contributed by atoms with Crippen molar-refractivity contribution in [3.63, 3.8) is 0 Å². The van der Waals surface area contributed by atoms with Gasteiger partial charge in [-0.25, -0.2) is 4.39 Å². The van der Waals surface area contributed by atoms with E-state index in [1.807, 2.05) is 18.4 Å². The van der Waals surface area contributed by atoms with Crippen molar-refractivity contribution in [2.75, 3.05) is 0 Å². The Kier molecular flexibility index (Phi) is 5.02. The van der Waals surface area contributed by atoms with Crippen LogP contribution in [0.5, 0.6) is 0 Å². The molecule has 1 fully saturated rings. The molecule has 0 radical (unpaired) electrons. The number of hydrogen-bond donors (Lipinski definition) is 1. The molecule has 4 rings (SSSR count). The first-order chi connectivity index (χ1) is 12.9. The minimum Gasteiger partial charge on any atom is -0.386 e. The zero-order chi connectivity index (χ0) is 19.0. The quantitative estimate of drug-likeness (QED) is 0.768. The van der Waals surface area contributed by atoms with Crippen molar-refractivity contribution in [1.82, 2.24) is 0 Å². The lowest BCUT2D eigenvalue weighted by atomic mass is 9.81. The minimum atomic E-state index is -1.18. The number of allylic oxidation sites excluding steroid dienone is 1. The van der Waals surface area contributed by atoms with E-state index in [2.05, 4.69) is 11.1 Å². The molecule has 0 spiro atoms. The topological polar surface area (TPSA) is 45.0 Å². The number of halogens is 1. The van der Waals surface area contributed by atoms with E-state index in [9.17, 15) is 9.50 Å². The van der Waals surface area contributed by atoms with Crippen molar-refractivity contribution >= 4 is 11.9 Å². The van der Waals surface area contributed by atoms with Crippen LogP contribution in [0.2, 0.25) is 0 Å². The SMILES string of the molecule is CC(C)(O)c1ccc(C(CC2CCCC2)C2=NC3N=CC=CC3C2)cc1F. The fourth-order valence-corrected chi connectivity index (χ4v) is 4.83. The molecule has 4 heteroatoms. The molecule has 1 saturated carbocycles. The first-order valence-corrected chi connectivity index (χ1v) is 10.2. The van der Waals surface area contributed by atoms with Crippen molar-refractivity contribution in [3.05, 3.63) is 47.3 Å². The summed E-state index contributed by atoms with van der Waals surface area (Å²) in [6.07, 6.45) is 13.1. The highest BCUT2D eigenvalue weighted by Gasteiger charge is 2.34. The van der Waals surface area contributed by atoms with Crippen molar-refractivity contribution < 1.29 is 9.50 Å². The molecule has 3 atom stereocenters. The number of fused-ring (bicyclic) bond motifs is 1. The second-order valence-electron chi connectivity index (χ2n) is 8.82. The summed E-state index contributed by atoms with van der Waals surface area (Å²) in [5.41, 5.74) is 1.32. The van der Waals surface area contributed by atoms with Crippen molar-refractivity contribution in [2.24, 2.45) is 21.8 Å². The lowest BCUT2D eigenvalue weighted by Gasteiger charge is -2.24. The Morgan fingerprint density at radius 2 is 2.04 bits per heavy atom. The number of aliphatic imine (C=N–C) groups is 2. The van der Waals surface area contributed by atoms with Crippen LogP contribution in [0.4, 0.5) is 4.39 Å². The molecule has 1 aromatic carbocycles. The maximum Gasteiger partial charge on any atom is 0.146 e. The maximum absolute atomic E-state index is 14.8. The summed E-state index contributed by atoms with van der Waals surface area (Å²) in [5.74, 6) is 0.853. The van der Waals surface area contributed by atoms with Gasteiger partial charge in [0.1, 0.15) is 12.0 Å². The first kappa shape index (κ1) is 18.5. The Balaban J connectivity index is 1.65. The number of dihydropyridines is 1. The van der Waals surface area contributed by atoms with E-state index in [0.717, 1.165) is 24.1 Å². The van der Waals surface area contributed by atoms with Gasteiger partial charge < -0.3 is 5.11 Å². The summed E-state index contributed by atoms with van der Waals surface area (Å²) in [6.45, 7) is 3.24. The fourth-order valence-electron chi connectivity index (χ4n) is 4.83. The largest absolute Gasteiger partial charge is 0.386 e. The number of rotatable bonds is 5. The summed E-state index contributed by atoms with van der Waals surface area (Å²) >= 11 is 0. The average molecular weight is 368 g/mol. The highest BCUT2D eigenvalue weighted by atomic mass is 19.1. The molecule has 3 aliphatic rings. The van der Waals surface area contributed by atoms with Gasteiger partial charge in [0.05, 0.1) is 5.60 Å². The Morgan fingerprint density at radius 1 is 1.26 bits per heavy atom. The van der Waals surface area contributed by atoms with Gasteiger partial charge in [0.2, 0.25) is 0 Å². The van der Waals surface area contributed by atoms with E-state index in [4.69, 9.17) is 4.99 Å². The summed E-state index contributed by atoms with van der Waals surface area (Å²) < 4.78 is 14.8. The van der Waals surface area contributed by atoms with Crippen LogP contribution < -0.4 is 0 Å². The number of hydrogen-bond acceptors (Lipinski definition) is 3. The van der Waals surface area contributed by atoms with Crippen LogP contribution in [-0.2, 0) is 5.60 Å². The molecule has 1 aliphatic carbocycles. The van der Waals surface area contributed by atoms with Gasteiger partial charge in [0.25, 0.3) is 0 Å². The number of aliphatic hydroxyl groups is 1. The summed E-state index contributed by atoms with van der Waals surface area (Å²) in [4.78, 5) is 9.43. The lowest BCUT2D eigenvalue weighted by molar-refractivity contribution is 0.0745. The number of nitrogens with zero attached hydrogens (tertiary/aromatic N) is 2. The zero-order valence-electron chi connectivity index (χ0n) is 16.2.